The van der Waals surface area contributed by atoms with Crippen molar-refractivity contribution in [2.75, 3.05) is 0 Å². The van der Waals surface area contributed by atoms with E-state index in [0.717, 1.165) is 5.56 Å². The molecule has 3 N–H and O–H groups in total. The van der Waals surface area contributed by atoms with E-state index in [9.17, 15) is 4.57 Å². The minimum Gasteiger partial charge on any atom is -0.326 e. The molecule has 1 unspecified atom stereocenters. The van der Waals surface area contributed by atoms with E-state index in [4.69, 9.17) is 10.6 Å². The molecule has 64 valence electrons. The second-order valence-electron chi connectivity index (χ2n) is 2.14. The van der Waals surface area contributed by atoms with E-state index < -0.39 is 8.25 Å². The van der Waals surface area contributed by atoms with Gasteiger partial charge in [-0.2, -0.15) is 0 Å². The van der Waals surface area contributed by atoms with E-state index in [1.54, 1.807) is 24.3 Å². The monoisotopic (exact) mass is 186 g/mol. The first-order valence-corrected chi connectivity index (χ1v) is 4.49. The summed E-state index contributed by atoms with van der Waals surface area (Å²) in [5.41, 5.74) is 6.09. The molecule has 0 spiro atoms. The third-order valence-electron chi connectivity index (χ3n) is 1.37. The third-order valence-corrected chi connectivity index (χ3v) is 1.72. The van der Waals surface area contributed by atoms with Gasteiger partial charge in [0.25, 0.3) is 0 Å². The zero-order valence-corrected chi connectivity index (χ0v) is 7.20. The number of para-hydroxylation sites is 1. The summed E-state index contributed by atoms with van der Waals surface area (Å²) >= 11 is 0. The van der Waals surface area contributed by atoms with Gasteiger partial charge in [-0.3, -0.25) is 0 Å². The zero-order chi connectivity index (χ0) is 8.97. The molecule has 0 aromatic heterocycles. The quantitative estimate of drug-likeness (QED) is 0.695. The highest BCUT2D eigenvalue weighted by molar-refractivity contribution is 7.32. The summed E-state index contributed by atoms with van der Waals surface area (Å²) in [6, 6.07) is 6.85. The van der Waals surface area contributed by atoms with Crippen LogP contribution in [0, 0.1) is 0 Å². The number of hydrogen-bond donors (Lipinski definition) is 2. The molecule has 0 aliphatic carbocycles. The highest BCUT2D eigenvalue weighted by Gasteiger charge is 2.16. The summed E-state index contributed by atoms with van der Waals surface area (Å²) in [5, 5.41) is 0. The zero-order valence-electron chi connectivity index (χ0n) is 6.30. The Morgan fingerprint density at radius 1 is 1.50 bits per heavy atom. The van der Waals surface area contributed by atoms with Crippen LogP contribution in [0.3, 0.4) is 0 Å². The van der Waals surface area contributed by atoms with Gasteiger partial charge in [-0.1, -0.05) is 18.2 Å². The molecule has 0 fully saturated rings. The van der Waals surface area contributed by atoms with Crippen LogP contribution in [0.1, 0.15) is 5.56 Å². The highest BCUT2D eigenvalue weighted by Crippen LogP contribution is 2.25. The van der Waals surface area contributed by atoms with Gasteiger partial charge in [0.2, 0.25) is 0 Å². The van der Waals surface area contributed by atoms with Crippen molar-refractivity contribution < 1.29 is 14.0 Å². The summed E-state index contributed by atoms with van der Waals surface area (Å²) in [7, 11) is -2.60. The minimum absolute atomic E-state index is 0.291. The van der Waals surface area contributed by atoms with Crippen molar-refractivity contribution in [1.29, 1.82) is 0 Å². The van der Waals surface area contributed by atoms with Gasteiger partial charge in [0, 0.05) is 16.7 Å². The molecule has 4 nitrogen and oxygen atoms in total. The van der Waals surface area contributed by atoms with Crippen molar-refractivity contribution in [2.24, 2.45) is 5.73 Å². The molecule has 0 aliphatic heterocycles. The molecule has 12 heavy (non-hydrogen) atoms. The molecule has 1 aromatic rings. The van der Waals surface area contributed by atoms with E-state index in [1.807, 2.05) is 0 Å². The number of rotatable bonds is 3. The summed E-state index contributed by atoms with van der Waals surface area (Å²) in [4.78, 5) is 8.47. The van der Waals surface area contributed by atoms with Crippen LogP contribution in [-0.2, 0) is 11.1 Å². The SMILES string of the molecule is NCc1ccccc1O[P+](=O)O. The Bertz CT molecular complexity index is 290. The van der Waals surface area contributed by atoms with Crippen molar-refractivity contribution in [1.82, 2.24) is 0 Å². The molecule has 5 heteroatoms. The van der Waals surface area contributed by atoms with E-state index in [2.05, 4.69) is 4.52 Å². The molecule has 1 atom stereocenters. The predicted octanol–water partition coefficient (Wildman–Crippen LogP) is 1.17. The summed E-state index contributed by atoms with van der Waals surface area (Å²) in [6.07, 6.45) is 0. The Balaban J connectivity index is 2.89. The highest BCUT2D eigenvalue weighted by atomic mass is 31.1. The van der Waals surface area contributed by atoms with Gasteiger partial charge in [-0.15, -0.1) is 4.89 Å². The van der Waals surface area contributed by atoms with Gasteiger partial charge in [-0.05, 0) is 6.07 Å². The van der Waals surface area contributed by atoms with Crippen molar-refractivity contribution in [2.45, 2.75) is 6.54 Å². The molecular weight excluding hydrogens is 177 g/mol. The predicted molar refractivity (Wildman–Crippen MR) is 44.8 cm³/mol. The van der Waals surface area contributed by atoms with Crippen molar-refractivity contribution >= 4 is 8.25 Å². The molecule has 0 aliphatic rings. The molecule has 0 heterocycles. The smallest absolute Gasteiger partial charge is 0.326 e. The standard InChI is InChI=1S/C7H8NO3P/c8-5-6-3-1-2-4-7(6)11-12(9)10/h1-4H,5,8H2/p+1. The lowest BCUT2D eigenvalue weighted by Crippen LogP contribution is -1.98. The number of nitrogens with two attached hydrogens (primary N) is 1. The topological polar surface area (TPSA) is 72.5 Å². The van der Waals surface area contributed by atoms with Crippen molar-refractivity contribution in [3.63, 3.8) is 0 Å². The summed E-state index contributed by atoms with van der Waals surface area (Å²) in [6.45, 7) is 0.291. The second kappa shape index (κ2) is 4.16. The van der Waals surface area contributed by atoms with Gasteiger partial charge < -0.3 is 5.73 Å². The van der Waals surface area contributed by atoms with Crippen LogP contribution in [-0.4, -0.2) is 4.89 Å². The lowest BCUT2D eigenvalue weighted by molar-refractivity contribution is 0.408. The van der Waals surface area contributed by atoms with Gasteiger partial charge in [0.15, 0.2) is 5.75 Å². The van der Waals surface area contributed by atoms with Gasteiger partial charge >= 0.3 is 8.25 Å². The molecule has 0 radical (unpaired) electrons. The number of benzene rings is 1. The first-order chi connectivity index (χ1) is 5.74. The second-order valence-corrected chi connectivity index (χ2v) is 2.80. The summed E-state index contributed by atoms with van der Waals surface area (Å²) < 4.78 is 14.9. The lowest BCUT2D eigenvalue weighted by atomic mass is 10.2. The van der Waals surface area contributed by atoms with E-state index in [-0.39, 0.29) is 0 Å². The van der Waals surface area contributed by atoms with Crippen molar-refractivity contribution in [3.05, 3.63) is 29.8 Å². The summed E-state index contributed by atoms with van der Waals surface area (Å²) in [5.74, 6) is 0.364. The fourth-order valence-corrected chi connectivity index (χ4v) is 1.19. The Kier molecular flexibility index (Phi) is 3.17. The molecule has 1 rings (SSSR count). The average molecular weight is 186 g/mol. The maximum Gasteiger partial charge on any atom is 0.747 e. The fourth-order valence-electron chi connectivity index (χ4n) is 0.846. The molecule has 0 amide bonds. The molecule has 0 saturated heterocycles. The van der Waals surface area contributed by atoms with Crippen LogP contribution < -0.4 is 10.3 Å². The normalized spacial score (nSPS) is 11.0. The minimum atomic E-state index is -2.60. The molecule has 1 aromatic carbocycles. The van der Waals surface area contributed by atoms with Gasteiger partial charge in [0.1, 0.15) is 0 Å². The third kappa shape index (κ3) is 2.27. The van der Waals surface area contributed by atoms with E-state index >= 15 is 0 Å². The maximum atomic E-state index is 10.3. The van der Waals surface area contributed by atoms with Crippen LogP contribution in [0.2, 0.25) is 0 Å². The van der Waals surface area contributed by atoms with Crippen LogP contribution in [0.15, 0.2) is 24.3 Å². The Morgan fingerprint density at radius 2 is 2.17 bits per heavy atom. The first kappa shape index (κ1) is 9.13. The maximum absolute atomic E-state index is 10.3. The molecule has 0 saturated carbocycles. The van der Waals surface area contributed by atoms with Crippen LogP contribution in [0.4, 0.5) is 0 Å². The van der Waals surface area contributed by atoms with E-state index in [1.165, 1.54) is 0 Å². The van der Waals surface area contributed by atoms with Gasteiger partial charge in [0.05, 0.1) is 0 Å². The largest absolute Gasteiger partial charge is 0.747 e. The molecular formula is C7H9NO3P+. The van der Waals surface area contributed by atoms with E-state index in [0.29, 0.717) is 12.3 Å². The average Bonchev–Trinajstić information content (AvgIpc) is 2.04. The van der Waals surface area contributed by atoms with Crippen LogP contribution >= 0.6 is 8.25 Å². The van der Waals surface area contributed by atoms with Crippen LogP contribution in [0.25, 0.3) is 0 Å². The Labute approximate surface area is 70.9 Å². The van der Waals surface area contributed by atoms with Gasteiger partial charge in [-0.25, -0.2) is 4.52 Å². The Hall–Kier alpha value is -0.960. The lowest BCUT2D eigenvalue weighted by Gasteiger charge is -1.98. The Morgan fingerprint density at radius 3 is 2.75 bits per heavy atom. The first-order valence-electron chi connectivity index (χ1n) is 3.36. The fraction of sp³-hybridized carbons (Fsp3) is 0.143. The molecule has 0 bridgehead atoms. The van der Waals surface area contributed by atoms with Crippen molar-refractivity contribution in [3.8, 4) is 5.75 Å². The number of hydrogen-bond acceptors (Lipinski definition) is 3. The van der Waals surface area contributed by atoms with Crippen LogP contribution in [0.5, 0.6) is 5.75 Å².